The van der Waals surface area contributed by atoms with Crippen LogP contribution in [0.15, 0.2) is 52.1 Å². The van der Waals surface area contributed by atoms with Gasteiger partial charge in [0.05, 0.1) is 6.21 Å². The molecule has 0 aromatic carbocycles. The summed E-state index contributed by atoms with van der Waals surface area (Å²) in [7, 11) is 0. The Morgan fingerprint density at radius 3 is 3.08 bits per heavy atom. The quantitative estimate of drug-likeness (QED) is 0.438. The normalized spacial score (nSPS) is 11.6. The number of nitrogens with zero attached hydrogens (tertiary/aromatic N) is 5. The molecule has 10 heteroatoms. The van der Waals surface area contributed by atoms with E-state index in [1.807, 2.05) is 5.38 Å². The van der Waals surface area contributed by atoms with E-state index in [4.69, 9.17) is 11.6 Å². The van der Waals surface area contributed by atoms with Gasteiger partial charge in [-0.1, -0.05) is 17.7 Å². The number of hydrogen-bond donors (Lipinski definition) is 1. The molecule has 0 saturated carbocycles. The molecule has 4 heterocycles. The molecule has 0 aliphatic rings. The van der Waals surface area contributed by atoms with Gasteiger partial charge in [0.1, 0.15) is 16.9 Å². The summed E-state index contributed by atoms with van der Waals surface area (Å²) in [6.07, 6.45) is 5.94. The third kappa shape index (κ3) is 2.69. The predicted molar refractivity (Wildman–Crippen MR) is 94.6 cm³/mol. The Balaban J connectivity index is 1.60. The lowest BCUT2D eigenvalue weighted by Gasteiger charge is -2.02. The van der Waals surface area contributed by atoms with Crippen LogP contribution in [0, 0.1) is 0 Å². The number of hydrazone groups is 1. The summed E-state index contributed by atoms with van der Waals surface area (Å²) in [6.45, 7) is 0. The molecule has 0 radical (unpaired) electrons. The van der Waals surface area contributed by atoms with Crippen molar-refractivity contribution in [3.8, 4) is 0 Å². The van der Waals surface area contributed by atoms with E-state index in [1.54, 1.807) is 35.0 Å². The molecule has 0 atom stereocenters. The van der Waals surface area contributed by atoms with Crippen LogP contribution in [0.25, 0.3) is 10.6 Å². The molecule has 0 bridgehead atoms. The Kier molecular flexibility index (Phi) is 3.79. The highest BCUT2D eigenvalue weighted by atomic mass is 35.5. The van der Waals surface area contributed by atoms with Crippen molar-refractivity contribution in [3.63, 3.8) is 0 Å². The molecular weight excluding hydrogens is 364 g/mol. The fourth-order valence-corrected chi connectivity index (χ4v) is 3.28. The summed E-state index contributed by atoms with van der Waals surface area (Å²) in [4.78, 5) is 33.5. The van der Waals surface area contributed by atoms with Crippen molar-refractivity contribution in [1.82, 2.24) is 24.2 Å². The van der Waals surface area contributed by atoms with Gasteiger partial charge in [-0.3, -0.25) is 18.4 Å². The summed E-state index contributed by atoms with van der Waals surface area (Å²) < 4.78 is 3.04. The van der Waals surface area contributed by atoms with Crippen molar-refractivity contribution in [2.24, 2.45) is 5.10 Å². The lowest BCUT2D eigenvalue weighted by Crippen LogP contribution is -2.29. The number of thiazole rings is 1. The second kappa shape index (κ2) is 6.11. The Labute approximate surface area is 149 Å². The van der Waals surface area contributed by atoms with E-state index in [2.05, 4.69) is 20.5 Å². The zero-order valence-corrected chi connectivity index (χ0v) is 14.0. The van der Waals surface area contributed by atoms with E-state index in [0.717, 1.165) is 4.96 Å². The molecule has 0 unspecified atom stereocenters. The summed E-state index contributed by atoms with van der Waals surface area (Å²) >= 11 is 7.47. The number of aromatic nitrogens is 4. The van der Waals surface area contributed by atoms with Crippen molar-refractivity contribution in [2.75, 3.05) is 0 Å². The standard InChI is InChI=1S/C15H9ClN6O2S/c16-12-10(21-5-6-25-15(21)19-12)8-18-20-13(23)9-7-17-11-3-1-2-4-22(11)14(9)24/h1-8H,(H,20,23). The lowest BCUT2D eigenvalue weighted by atomic mass is 10.3. The Hall–Kier alpha value is -3.04. The fourth-order valence-electron chi connectivity index (χ4n) is 2.29. The number of halogens is 1. The van der Waals surface area contributed by atoms with E-state index < -0.39 is 11.5 Å². The molecule has 124 valence electrons. The molecule has 8 nitrogen and oxygen atoms in total. The van der Waals surface area contributed by atoms with Crippen LogP contribution < -0.4 is 11.0 Å². The largest absolute Gasteiger partial charge is 0.288 e. The summed E-state index contributed by atoms with van der Waals surface area (Å²) in [6, 6.07) is 5.12. The van der Waals surface area contributed by atoms with E-state index in [1.165, 1.54) is 28.1 Å². The summed E-state index contributed by atoms with van der Waals surface area (Å²) in [5.74, 6) is -0.658. The second-order valence-electron chi connectivity index (χ2n) is 4.95. The minimum absolute atomic E-state index is 0.110. The molecule has 4 rings (SSSR count). The molecule has 4 aromatic heterocycles. The Morgan fingerprint density at radius 1 is 1.32 bits per heavy atom. The SMILES string of the molecule is O=C(NN=Cc1c(Cl)nc2sccn12)c1cnc2ccccn2c1=O. The number of fused-ring (bicyclic) bond motifs is 2. The number of rotatable bonds is 3. The topological polar surface area (TPSA) is 93.1 Å². The summed E-state index contributed by atoms with van der Waals surface area (Å²) in [5, 5.41) is 5.99. The van der Waals surface area contributed by atoms with Crippen molar-refractivity contribution < 1.29 is 4.79 Å². The van der Waals surface area contributed by atoms with Crippen molar-refractivity contribution in [1.29, 1.82) is 0 Å². The van der Waals surface area contributed by atoms with Crippen molar-refractivity contribution >= 4 is 45.7 Å². The molecule has 4 aromatic rings. The molecule has 1 N–H and O–H groups in total. The molecule has 0 aliphatic heterocycles. The monoisotopic (exact) mass is 372 g/mol. The molecule has 1 amide bonds. The third-order valence-electron chi connectivity index (χ3n) is 3.47. The smallest absolute Gasteiger partial charge is 0.278 e. The number of amides is 1. The van der Waals surface area contributed by atoms with Gasteiger partial charge in [0.2, 0.25) is 0 Å². The van der Waals surface area contributed by atoms with Gasteiger partial charge in [-0.05, 0) is 12.1 Å². The third-order valence-corrected chi connectivity index (χ3v) is 4.50. The van der Waals surface area contributed by atoms with E-state index in [-0.39, 0.29) is 10.7 Å². The number of carbonyl (C=O) groups excluding carboxylic acids is 1. The molecule has 25 heavy (non-hydrogen) atoms. The van der Waals surface area contributed by atoms with Crippen LogP contribution in [-0.4, -0.2) is 30.9 Å². The number of carbonyl (C=O) groups is 1. The van der Waals surface area contributed by atoms with Crippen LogP contribution in [0.2, 0.25) is 5.15 Å². The van der Waals surface area contributed by atoms with Crippen LogP contribution in [0.5, 0.6) is 0 Å². The maximum atomic E-state index is 12.3. The molecule has 0 fully saturated rings. The minimum atomic E-state index is -0.658. The number of imidazole rings is 1. The van der Waals surface area contributed by atoms with Crippen LogP contribution >= 0.6 is 22.9 Å². The minimum Gasteiger partial charge on any atom is -0.288 e. The highest BCUT2D eigenvalue weighted by Crippen LogP contribution is 2.19. The highest BCUT2D eigenvalue weighted by Gasteiger charge is 2.13. The molecule has 0 saturated heterocycles. The lowest BCUT2D eigenvalue weighted by molar-refractivity contribution is 0.0953. The van der Waals surface area contributed by atoms with Crippen LogP contribution in [-0.2, 0) is 0 Å². The van der Waals surface area contributed by atoms with E-state index >= 15 is 0 Å². The van der Waals surface area contributed by atoms with E-state index in [9.17, 15) is 9.59 Å². The molecular formula is C15H9ClN6O2S. The molecule has 0 aliphatic carbocycles. The number of pyridine rings is 1. The van der Waals surface area contributed by atoms with Gasteiger partial charge in [0, 0.05) is 24.0 Å². The van der Waals surface area contributed by atoms with Gasteiger partial charge in [-0.15, -0.1) is 11.3 Å². The maximum absolute atomic E-state index is 12.3. The fraction of sp³-hybridized carbons (Fsp3) is 0. The van der Waals surface area contributed by atoms with Crippen LogP contribution in [0.1, 0.15) is 16.1 Å². The van der Waals surface area contributed by atoms with Crippen molar-refractivity contribution in [3.05, 3.63) is 68.9 Å². The first-order valence-corrected chi connectivity index (χ1v) is 8.32. The maximum Gasteiger partial charge on any atom is 0.278 e. The first-order valence-electron chi connectivity index (χ1n) is 7.06. The number of nitrogens with one attached hydrogen (secondary N) is 1. The van der Waals surface area contributed by atoms with Crippen molar-refractivity contribution in [2.45, 2.75) is 0 Å². The second-order valence-corrected chi connectivity index (χ2v) is 6.18. The van der Waals surface area contributed by atoms with Gasteiger partial charge >= 0.3 is 0 Å². The van der Waals surface area contributed by atoms with Gasteiger partial charge in [0.25, 0.3) is 11.5 Å². The summed E-state index contributed by atoms with van der Waals surface area (Å²) in [5.41, 5.74) is 2.72. The molecule has 0 spiro atoms. The Morgan fingerprint density at radius 2 is 2.20 bits per heavy atom. The first-order chi connectivity index (χ1) is 12.1. The van der Waals surface area contributed by atoms with Gasteiger partial charge < -0.3 is 0 Å². The van der Waals surface area contributed by atoms with Crippen LogP contribution in [0.4, 0.5) is 0 Å². The van der Waals surface area contributed by atoms with Gasteiger partial charge in [-0.25, -0.2) is 15.4 Å². The zero-order valence-electron chi connectivity index (χ0n) is 12.5. The van der Waals surface area contributed by atoms with E-state index in [0.29, 0.717) is 11.3 Å². The average Bonchev–Trinajstić information content (AvgIpc) is 3.17. The first kappa shape index (κ1) is 15.5. The zero-order chi connectivity index (χ0) is 17.4. The Bertz CT molecular complexity index is 1190. The number of hydrogen-bond acceptors (Lipinski definition) is 6. The van der Waals surface area contributed by atoms with Gasteiger partial charge in [0.15, 0.2) is 10.1 Å². The predicted octanol–water partition coefficient (Wildman–Crippen LogP) is 1.82. The average molecular weight is 373 g/mol. The highest BCUT2D eigenvalue weighted by molar-refractivity contribution is 7.15. The van der Waals surface area contributed by atoms with Gasteiger partial charge in [-0.2, -0.15) is 5.10 Å². The van der Waals surface area contributed by atoms with Crippen LogP contribution in [0.3, 0.4) is 0 Å².